The first kappa shape index (κ1) is 14.8. The van der Waals surface area contributed by atoms with Crippen molar-refractivity contribution in [3.05, 3.63) is 0 Å². The van der Waals surface area contributed by atoms with E-state index in [0.717, 1.165) is 25.7 Å². The van der Waals surface area contributed by atoms with Crippen LogP contribution in [0, 0.1) is 0 Å². The number of carboxylic acids is 1. The summed E-state index contributed by atoms with van der Waals surface area (Å²) in [5.41, 5.74) is 0. The fourth-order valence-corrected chi connectivity index (χ4v) is 1.84. The average Bonchev–Trinajstić information content (AvgIpc) is 3.14. The molecule has 18 heavy (non-hydrogen) atoms. The number of aliphatic carboxylic acids is 1. The summed E-state index contributed by atoms with van der Waals surface area (Å²) in [6, 6.07) is -1.05. The van der Waals surface area contributed by atoms with E-state index in [4.69, 9.17) is 10.2 Å². The monoisotopic (exact) mass is 258 g/mol. The predicted molar refractivity (Wildman–Crippen MR) is 66.3 cm³/mol. The Balaban J connectivity index is 2.49. The lowest BCUT2D eigenvalue weighted by molar-refractivity contribution is -0.139. The maximum absolute atomic E-state index is 11.9. The molecule has 1 saturated carbocycles. The van der Waals surface area contributed by atoms with Crippen LogP contribution in [0.5, 0.6) is 0 Å². The zero-order valence-electron chi connectivity index (χ0n) is 10.8. The Bertz CT molecular complexity index is 292. The van der Waals surface area contributed by atoms with Crippen molar-refractivity contribution in [2.45, 2.75) is 51.1 Å². The lowest BCUT2D eigenvalue weighted by atomic mass is 10.1. The van der Waals surface area contributed by atoms with Crippen LogP contribution in [-0.2, 0) is 4.79 Å². The van der Waals surface area contributed by atoms with Crippen LogP contribution in [0.15, 0.2) is 0 Å². The van der Waals surface area contributed by atoms with Gasteiger partial charge in [0.1, 0.15) is 6.04 Å². The molecule has 0 spiro atoms. The molecule has 104 valence electrons. The van der Waals surface area contributed by atoms with Crippen molar-refractivity contribution >= 4 is 12.0 Å². The number of aliphatic hydroxyl groups excluding tert-OH is 1. The molecule has 0 bridgehead atoms. The average molecular weight is 258 g/mol. The molecule has 1 aliphatic carbocycles. The highest BCUT2D eigenvalue weighted by Crippen LogP contribution is 2.26. The van der Waals surface area contributed by atoms with Crippen molar-refractivity contribution in [1.29, 1.82) is 0 Å². The van der Waals surface area contributed by atoms with Crippen LogP contribution in [0.2, 0.25) is 0 Å². The Hall–Kier alpha value is -1.30. The van der Waals surface area contributed by atoms with Crippen molar-refractivity contribution in [2.75, 3.05) is 13.2 Å². The Morgan fingerprint density at radius 2 is 2.11 bits per heavy atom. The second-order valence-electron chi connectivity index (χ2n) is 4.63. The van der Waals surface area contributed by atoms with Crippen molar-refractivity contribution < 1.29 is 19.8 Å². The maximum Gasteiger partial charge on any atom is 0.326 e. The molecule has 1 unspecified atom stereocenters. The minimum Gasteiger partial charge on any atom is -0.480 e. The van der Waals surface area contributed by atoms with E-state index in [0.29, 0.717) is 6.42 Å². The second kappa shape index (κ2) is 7.20. The number of carbonyl (C=O) groups is 2. The Kier molecular flexibility index (Phi) is 5.91. The predicted octanol–water partition coefficient (Wildman–Crippen LogP) is 0.796. The van der Waals surface area contributed by atoms with E-state index < -0.39 is 12.0 Å². The van der Waals surface area contributed by atoms with Crippen LogP contribution < -0.4 is 5.32 Å². The molecule has 0 heterocycles. The van der Waals surface area contributed by atoms with Gasteiger partial charge in [-0.15, -0.1) is 0 Å². The molecule has 2 amide bonds. The fraction of sp³-hybridized carbons (Fsp3) is 0.833. The molecule has 6 heteroatoms. The second-order valence-corrected chi connectivity index (χ2v) is 4.63. The molecule has 0 aliphatic heterocycles. The van der Waals surface area contributed by atoms with E-state index in [-0.39, 0.29) is 25.2 Å². The van der Waals surface area contributed by atoms with Crippen LogP contribution in [-0.4, -0.2) is 52.3 Å². The number of unbranched alkanes of at least 4 members (excludes halogenated alkanes) is 1. The van der Waals surface area contributed by atoms with Gasteiger partial charge in [-0.1, -0.05) is 19.8 Å². The smallest absolute Gasteiger partial charge is 0.326 e. The maximum atomic E-state index is 11.9. The van der Waals surface area contributed by atoms with E-state index in [1.807, 2.05) is 6.92 Å². The lowest BCUT2D eigenvalue weighted by Crippen LogP contribution is -2.49. The zero-order chi connectivity index (χ0) is 13.5. The largest absolute Gasteiger partial charge is 0.480 e. The number of amides is 2. The summed E-state index contributed by atoms with van der Waals surface area (Å²) in [7, 11) is 0. The van der Waals surface area contributed by atoms with E-state index >= 15 is 0 Å². The van der Waals surface area contributed by atoms with Gasteiger partial charge in [-0.3, -0.25) is 0 Å². The van der Waals surface area contributed by atoms with Gasteiger partial charge in [0.15, 0.2) is 0 Å². The standard InChI is InChI=1S/C12H22N2O4/c1-2-3-4-10(11(16)17)13-12(18)14(7-8-15)9-5-6-9/h9-10,15H,2-8H2,1H3,(H,13,18)(H,16,17). The van der Waals surface area contributed by atoms with Gasteiger partial charge in [0.25, 0.3) is 0 Å². The first-order valence-corrected chi connectivity index (χ1v) is 6.51. The number of aliphatic hydroxyl groups is 1. The number of nitrogens with zero attached hydrogens (tertiary/aromatic N) is 1. The summed E-state index contributed by atoms with van der Waals surface area (Å²) in [6.45, 7) is 2.14. The van der Waals surface area contributed by atoms with E-state index in [2.05, 4.69) is 5.32 Å². The molecule has 0 saturated heterocycles. The van der Waals surface area contributed by atoms with Gasteiger partial charge in [-0.05, 0) is 19.3 Å². The molecular weight excluding hydrogens is 236 g/mol. The fourth-order valence-electron chi connectivity index (χ4n) is 1.84. The van der Waals surface area contributed by atoms with Gasteiger partial charge in [0.2, 0.25) is 0 Å². The van der Waals surface area contributed by atoms with Gasteiger partial charge in [0, 0.05) is 12.6 Å². The highest BCUT2D eigenvalue weighted by Gasteiger charge is 2.33. The SMILES string of the molecule is CCCCC(NC(=O)N(CCO)C1CC1)C(=O)O. The van der Waals surface area contributed by atoms with Gasteiger partial charge in [-0.25, -0.2) is 9.59 Å². The molecule has 6 nitrogen and oxygen atoms in total. The van der Waals surface area contributed by atoms with Crippen LogP contribution >= 0.6 is 0 Å². The number of urea groups is 1. The van der Waals surface area contributed by atoms with E-state index in [1.54, 1.807) is 0 Å². The highest BCUT2D eigenvalue weighted by molar-refractivity contribution is 5.82. The Labute approximate surface area is 107 Å². The topological polar surface area (TPSA) is 89.9 Å². The van der Waals surface area contributed by atoms with Crippen LogP contribution in [0.4, 0.5) is 4.79 Å². The lowest BCUT2D eigenvalue weighted by Gasteiger charge is -2.24. The summed E-state index contributed by atoms with van der Waals surface area (Å²) in [5, 5.41) is 20.5. The van der Waals surface area contributed by atoms with Crippen molar-refractivity contribution in [3.8, 4) is 0 Å². The number of carbonyl (C=O) groups excluding carboxylic acids is 1. The molecule has 1 fully saturated rings. The van der Waals surface area contributed by atoms with E-state index in [1.165, 1.54) is 4.90 Å². The summed E-state index contributed by atoms with van der Waals surface area (Å²) in [5.74, 6) is -1.00. The molecule has 3 N–H and O–H groups in total. The van der Waals surface area contributed by atoms with E-state index in [9.17, 15) is 9.59 Å². The molecule has 0 aromatic rings. The minimum absolute atomic E-state index is 0.101. The number of rotatable bonds is 8. The number of carboxylic acid groups (broad SMARTS) is 1. The molecule has 0 radical (unpaired) electrons. The molecular formula is C12H22N2O4. The molecule has 1 aliphatic rings. The summed E-state index contributed by atoms with van der Waals surface area (Å²) >= 11 is 0. The number of hydrogen-bond acceptors (Lipinski definition) is 3. The quantitative estimate of drug-likeness (QED) is 0.600. The summed E-state index contributed by atoms with van der Waals surface area (Å²) in [4.78, 5) is 24.5. The number of nitrogens with one attached hydrogen (secondary N) is 1. The third-order valence-corrected chi connectivity index (χ3v) is 3.03. The molecule has 1 atom stereocenters. The first-order chi connectivity index (χ1) is 8.60. The van der Waals surface area contributed by atoms with Crippen LogP contribution in [0.1, 0.15) is 39.0 Å². The number of hydrogen-bond donors (Lipinski definition) is 3. The van der Waals surface area contributed by atoms with Gasteiger partial charge in [-0.2, -0.15) is 0 Å². The Morgan fingerprint density at radius 1 is 1.44 bits per heavy atom. The van der Waals surface area contributed by atoms with Gasteiger partial charge < -0.3 is 20.4 Å². The Morgan fingerprint density at radius 3 is 2.56 bits per heavy atom. The molecule has 1 rings (SSSR count). The van der Waals surface area contributed by atoms with Crippen molar-refractivity contribution in [1.82, 2.24) is 10.2 Å². The molecule has 0 aromatic heterocycles. The third kappa shape index (κ3) is 4.52. The van der Waals surface area contributed by atoms with Crippen molar-refractivity contribution in [2.24, 2.45) is 0 Å². The van der Waals surface area contributed by atoms with Crippen LogP contribution in [0.3, 0.4) is 0 Å². The normalized spacial score (nSPS) is 16.1. The first-order valence-electron chi connectivity index (χ1n) is 6.51. The minimum atomic E-state index is -1.00. The third-order valence-electron chi connectivity index (χ3n) is 3.03. The summed E-state index contributed by atoms with van der Waals surface area (Å²) < 4.78 is 0. The van der Waals surface area contributed by atoms with Gasteiger partial charge >= 0.3 is 12.0 Å². The van der Waals surface area contributed by atoms with Crippen molar-refractivity contribution in [3.63, 3.8) is 0 Å². The highest BCUT2D eigenvalue weighted by atomic mass is 16.4. The van der Waals surface area contributed by atoms with Gasteiger partial charge in [0.05, 0.1) is 6.61 Å². The molecule has 0 aromatic carbocycles. The zero-order valence-corrected chi connectivity index (χ0v) is 10.8. The summed E-state index contributed by atoms with van der Waals surface area (Å²) in [6.07, 6.45) is 3.96. The van der Waals surface area contributed by atoms with Crippen LogP contribution in [0.25, 0.3) is 0 Å².